The zero-order chi connectivity index (χ0) is 15.1. The largest absolute Gasteiger partial charge is 0.325 e. The quantitative estimate of drug-likeness (QED) is 0.795. The van der Waals surface area contributed by atoms with Gasteiger partial charge >= 0.3 is 0 Å². The molecule has 0 aliphatic heterocycles. The van der Waals surface area contributed by atoms with Crippen molar-refractivity contribution >= 4 is 34.8 Å². The van der Waals surface area contributed by atoms with Gasteiger partial charge in [-0.25, -0.2) is 0 Å². The zero-order valence-electron chi connectivity index (χ0n) is 11.4. The van der Waals surface area contributed by atoms with Crippen LogP contribution in [0.4, 0.5) is 5.69 Å². The van der Waals surface area contributed by atoms with Crippen LogP contribution in [-0.4, -0.2) is 19.0 Å². The highest BCUT2D eigenvalue weighted by atomic mass is 35.5. The number of rotatable bonds is 6. The average Bonchev–Trinajstić information content (AvgIpc) is 2.46. The first-order valence-electron chi connectivity index (χ1n) is 6.64. The van der Waals surface area contributed by atoms with Gasteiger partial charge in [-0.2, -0.15) is 0 Å². The standard InChI is InChI=1S/C16H16Cl2N2O/c17-13-4-6-15(7-5-13)20-16(21)11-19-9-8-12-2-1-3-14(18)10-12/h1-7,10,19H,8-9,11H2,(H,20,21). The summed E-state index contributed by atoms with van der Waals surface area (Å²) in [7, 11) is 0. The van der Waals surface area contributed by atoms with Crippen LogP contribution in [-0.2, 0) is 11.2 Å². The maximum atomic E-state index is 11.7. The Hall–Kier alpha value is -1.55. The van der Waals surface area contributed by atoms with Gasteiger partial charge in [-0.05, 0) is 54.9 Å². The first-order valence-corrected chi connectivity index (χ1v) is 7.39. The summed E-state index contributed by atoms with van der Waals surface area (Å²) in [5.41, 5.74) is 1.88. The van der Waals surface area contributed by atoms with Crippen molar-refractivity contribution in [3.8, 4) is 0 Å². The minimum absolute atomic E-state index is 0.0802. The second-order valence-electron chi connectivity index (χ2n) is 4.61. The first-order chi connectivity index (χ1) is 10.1. The average molecular weight is 323 g/mol. The van der Waals surface area contributed by atoms with Crippen molar-refractivity contribution in [2.75, 3.05) is 18.4 Å². The Kier molecular flexibility index (Phi) is 6.05. The van der Waals surface area contributed by atoms with E-state index in [0.29, 0.717) is 11.6 Å². The third-order valence-corrected chi connectivity index (χ3v) is 3.38. The minimum Gasteiger partial charge on any atom is -0.325 e. The number of hydrogen-bond acceptors (Lipinski definition) is 2. The Bertz CT molecular complexity index is 599. The molecule has 0 aromatic heterocycles. The number of amides is 1. The van der Waals surface area contributed by atoms with Crippen LogP contribution in [0.2, 0.25) is 10.0 Å². The van der Waals surface area contributed by atoms with Crippen LogP contribution in [0, 0.1) is 0 Å². The Morgan fingerprint density at radius 2 is 1.76 bits per heavy atom. The van der Waals surface area contributed by atoms with Gasteiger partial charge in [0.1, 0.15) is 0 Å². The normalized spacial score (nSPS) is 10.4. The molecule has 2 aromatic carbocycles. The minimum atomic E-state index is -0.0802. The van der Waals surface area contributed by atoms with E-state index in [4.69, 9.17) is 23.2 Å². The van der Waals surface area contributed by atoms with E-state index in [0.717, 1.165) is 22.7 Å². The number of carbonyl (C=O) groups excluding carboxylic acids is 1. The Morgan fingerprint density at radius 3 is 2.48 bits per heavy atom. The number of benzene rings is 2. The van der Waals surface area contributed by atoms with Gasteiger partial charge in [-0.15, -0.1) is 0 Å². The van der Waals surface area contributed by atoms with Crippen LogP contribution in [0.5, 0.6) is 0 Å². The Labute approximate surface area is 134 Å². The van der Waals surface area contributed by atoms with Crippen LogP contribution in [0.1, 0.15) is 5.56 Å². The number of carbonyl (C=O) groups is 1. The van der Waals surface area contributed by atoms with Crippen LogP contribution in [0.3, 0.4) is 0 Å². The predicted molar refractivity (Wildman–Crippen MR) is 88.1 cm³/mol. The lowest BCUT2D eigenvalue weighted by atomic mass is 10.1. The van der Waals surface area contributed by atoms with Gasteiger partial charge in [0.2, 0.25) is 5.91 Å². The summed E-state index contributed by atoms with van der Waals surface area (Å²) in [5.74, 6) is -0.0802. The van der Waals surface area contributed by atoms with Gasteiger partial charge in [0.25, 0.3) is 0 Å². The van der Waals surface area contributed by atoms with Crippen LogP contribution in [0.15, 0.2) is 48.5 Å². The molecule has 5 heteroatoms. The van der Waals surface area contributed by atoms with Crippen molar-refractivity contribution in [3.05, 3.63) is 64.1 Å². The molecule has 2 aromatic rings. The van der Waals surface area contributed by atoms with E-state index < -0.39 is 0 Å². The van der Waals surface area contributed by atoms with Gasteiger partial charge in [0, 0.05) is 15.7 Å². The van der Waals surface area contributed by atoms with E-state index in [1.807, 2.05) is 24.3 Å². The number of hydrogen-bond donors (Lipinski definition) is 2. The molecule has 3 nitrogen and oxygen atoms in total. The SMILES string of the molecule is O=C(CNCCc1cccc(Cl)c1)Nc1ccc(Cl)cc1. The molecule has 0 atom stereocenters. The van der Waals surface area contributed by atoms with E-state index in [9.17, 15) is 4.79 Å². The molecule has 0 aliphatic rings. The molecule has 0 fully saturated rings. The molecule has 0 bridgehead atoms. The van der Waals surface area contributed by atoms with Gasteiger partial charge in [0.15, 0.2) is 0 Å². The fourth-order valence-electron chi connectivity index (χ4n) is 1.87. The van der Waals surface area contributed by atoms with E-state index in [2.05, 4.69) is 10.6 Å². The molecule has 0 radical (unpaired) electrons. The van der Waals surface area contributed by atoms with Crippen molar-refractivity contribution in [2.45, 2.75) is 6.42 Å². The summed E-state index contributed by atoms with van der Waals surface area (Å²) in [4.78, 5) is 11.7. The summed E-state index contributed by atoms with van der Waals surface area (Å²) in [6, 6.07) is 14.7. The highest BCUT2D eigenvalue weighted by molar-refractivity contribution is 6.30. The third kappa shape index (κ3) is 5.76. The molecule has 0 heterocycles. The molecule has 0 saturated carbocycles. The molecule has 0 aliphatic carbocycles. The van der Waals surface area contributed by atoms with Crippen molar-refractivity contribution in [1.82, 2.24) is 5.32 Å². The van der Waals surface area contributed by atoms with Gasteiger partial charge in [0.05, 0.1) is 6.54 Å². The molecule has 0 unspecified atom stereocenters. The molecule has 0 spiro atoms. The van der Waals surface area contributed by atoms with Crippen LogP contribution < -0.4 is 10.6 Å². The zero-order valence-corrected chi connectivity index (χ0v) is 12.9. The van der Waals surface area contributed by atoms with E-state index >= 15 is 0 Å². The predicted octanol–water partition coefficient (Wildman–Crippen LogP) is 3.76. The van der Waals surface area contributed by atoms with Crippen LogP contribution in [0.25, 0.3) is 0 Å². The monoisotopic (exact) mass is 322 g/mol. The van der Waals surface area contributed by atoms with Gasteiger partial charge < -0.3 is 10.6 Å². The molecule has 1 amide bonds. The fraction of sp³-hybridized carbons (Fsp3) is 0.188. The molecule has 2 N–H and O–H groups in total. The number of anilines is 1. The second-order valence-corrected chi connectivity index (χ2v) is 5.48. The lowest BCUT2D eigenvalue weighted by Gasteiger charge is -2.07. The summed E-state index contributed by atoms with van der Waals surface area (Å²) in [5, 5.41) is 7.27. The summed E-state index contributed by atoms with van der Waals surface area (Å²) in [6.45, 7) is 0.984. The van der Waals surface area contributed by atoms with Crippen molar-refractivity contribution in [3.63, 3.8) is 0 Å². The van der Waals surface area contributed by atoms with Gasteiger partial charge in [-0.1, -0.05) is 35.3 Å². The highest BCUT2D eigenvalue weighted by Crippen LogP contribution is 2.13. The molecule has 21 heavy (non-hydrogen) atoms. The van der Waals surface area contributed by atoms with Gasteiger partial charge in [-0.3, -0.25) is 4.79 Å². The lowest BCUT2D eigenvalue weighted by Crippen LogP contribution is -2.29. The molecular formula is C16H16Cl2N2O. The third-order valence-electron chi connectivity index (χ3n) is 2.89. The topological polar surface area (TPSA) is 41.1 Å². The second kappa shape index (κ2) is 8.03. The summed E-state index contributed by atoms with van der Waals surface area (Å²) >= 11 is 11.7. The van der Waals surface area contributed by atoms with E-state index in [1.54, 1.807) is 24.3 Å². The summed E-state index contributed by atoms with van der Waals surface area (Å²) < 4.78 is 0. The lowest BCUT2D eigenvalue weighted by molar-refractivity contribution is -0.115. The Morgan fingerprint density at radius 1 is 1.00 bits per heavy atom. The van der Waals surface area contributed by atoms with Crippen molar-refractivity contribution in [2.24, 2.45) is 0 Å². The maximum absolute atomic E-state index is 11.7. The summed E-state index contributed by atoms with van der Waals surface area (Å²) in [6.07, 6.45) is 0.828. The highest BCUT2D eigenvalue weighted by Gasteiger charge is 2.02. The van der Waals surface area contributed by atoms with Crippen molar-refractivity contribution in [1.29, 1.82) is 0 Å². The van der Waals surface area contributed by atoms with E-state index in [-0.39, 0.29) is 12.5 Å². The smallest absolute Gasteiger partial charge is 0.238 e. The maximum Gasteiger partial charge on any atom is 0.238 e. The number of halogens is 2. The van der Waals surface area contributed by atoms with E-state index in [1.165, 1.54) is 0 Å². The molecule has 2 rings (SSSR count). The Balaban J connectivity index is 1.68. The van der Waals surface area contributed by atoms with Crippen LogP contribution >= 0.6 is 23.2 Å². The molecular weight excluding hydrogens is 307 g/mol. The number of nitrogens with one attached hydrogen (secondary N) is 2. The first kappa shape index (κ1) is 15.8. The molecule has 0 saturated heterocycles. The van der Waals surface area contributed by atoms with Crippen molar-refractivity contribution < 1.29 is 4.79 Å². The molecule has 110 valence electrons. The fourth-order valence-corrected chi connectivity index (χ4v) is 2.20.